The monoisotopic (exact) mass is 512 g/mol. The third-order valence-electron chi connectivity index (χ3n) is 6.39. The van der Waals surface area contributed by atoms with Crippen molar-refractivity contribution in [2.24, 2.45) is 0 Å². The molecule has 2 fully saturated rings. The number of amides is 2. The van der Waals surface area contributed by atoms with Gasteiger partial charge in [0.1, 0.15) is 23.7 Å². The SMILES string of the molecule is CCS(=O)(=O)N[C@@H]1CN2C(=O)N(c3noc4cc(C)cc(-c5c(F)cccc5F)c34)C[C@@H]2C1(F)F. The molecule has 2 aliphatic heterocycles. The summed E-state index contributed by atoms with van der Waals surface area (Å²) in [4.78, 5) is 15.0. The maximum absolute atomic E-state index is 15.1. The molecule has 8 nitrogen and oxygen atoms in total. The van der Waals surface area contributed by atoms with E-state index in [2.05, 4.69) is 5.16 Å². The Hall–Kier alpha value is -3.19. The number of benzene rings is 2. The molecule has 13 heteroatoms. The van der Waals surface area contributed by atoms with Crippen LogP contribution in [0.1, 0.15) is 12.5 Å². The van der Waals surface area contributed by atoms with Crippen molar-refractivity contribution in [3.8, 4) is 11.1 Å². The van der Waals surface area contributed by atoms with Gasteiger partial charge in [-0.1, -0.05) is 17.3 Å². The van der Waals surface area contributed by atoms with E-state index in [9.17, 15) is 22.0 Å². The number of aryl methyl sites for hydroxylation is 1. The van der Waals surface area contributed by atoms with Gasteiger partial charge in [-0.2, -0.15) is 0 Å². The molecule has 0 spiro atoms. The number of hydrogen-bond donors (Lipinski definition) is 1. The summed E-state index contributed by atoms with van der Waals surface area (Å²) in [5.41, 5.74) is 0.422. The van der Waals surface area contributed by atoms with Gasteiger partial charge < -0.3 is 9.42 Å². The van der Waals surface area contributed by atoms with Gasteiger partial charge in [-0.25, -0.2) is 35.5 Å². The number of fused-ring (bicyclic) bond motifs is 2. The van der Waals surface area contributed by atoms with Crippen molar-refractivity contribution in [3.05, 3.63) is 47.5 Å². The Bertz CT molecular complexity index is 1440. The summed E-state index contributed by atoms with van der Waals surface area (Å²) in [5, 5.41) is 3.98. The molecule has 2 atom stereocenters. The van der Waals surface area contributed by atoms with Crippen molar-refractivity contribution in [3.63, 3.8) is 0 Å². The van der Waals surface area contributed by atoms with Gasteiger partial charge in [0.05, 0.1) is 23.2 Å². The molecule has 0 aliphatic carbocycles. The Kier molecular flexibility index (Phi) is 5.33. The van der Waals surface area contributed by atoms with Gasteiger partial charge >= 0.3 is 6.03 Å². The molecule has 1 aromatic heterocycles. The maximum Gasteiger partial charge on any atom is 0.326 e. The van der Waals surface area contributed by atoms with Gasteiger partial charge in [-0.15, -0.1) is 0 Å². The zero-order chi connectivity index (χ0) is 25.3. The standard InChI is InChI=1S/C22H20F4N4O4S/c1-3-35(32,33)28-16-9-29-17(22(16,25)26)10-30(21(29)31)20-19-12(7-11(2)8-15(19)34-27-20)18-13(23)5-4-6-14(18)24/h4-8,16-17,28H,3,9-10H2,1-2H3/t16-,17-/m1/s1. The number of urea groups is 1. The minimum absolute atomic E-state index is 0.0621. The highest BCUT2D eigenvalue weighted by atomic mass is 32.2. The van der Waals surface area contributed by atoms with Crippen LogP contribution >= 0.6 is 0 Å². The lowest BCUT2D eigenvalue weighted by Gasteiger charge is -2.23. The van der Waals surface area contributed by atoms with E-state index in [1.54, 1.807) is 13.0 Å². The molecule has 186 valence electrons. The van der Waals surface area contributed by atoms with Gasteiger partial charge in [0.15, 0.2) is 11.4 Å². The minimum atomic E-state index is -3.94. The van der Waals surface area contributed by atoms with Crippen molar-refractivity contribution in [2.45, 2.75) is 31.9 Å². The number of carbonyl (C=O) groups excluding carboxylic acids is 1. The second-order valence-corrected chi connectivity index (χ2v) is 10.6. The molecule has 0 radical (unpaired) electrons. The second kappa shape index (κ2) is 7.92. The number of sulfonamides is 1. The Morgan fingerprint density at radius 2 is 1.89 bits per heavy atom. The van der Waals surface area contributed by atoms with Crippen molar-refractivity contribution in [1.82, 2.24) is 14.8 Å². The molecular weight excluding hydrogens is 492 g/mol. The zero-order valence-electron chi connectivity index (χ0n) is 18.6. The Morgan fingerprint density at radius 3 is 2.51 bits per heavy atom. The van der Waals surface area contributed by atoms with Crippen LogP contribution in [0, 0.1) is 18.6 Å². The van der Waals surface area contributed by atoms with Crippen molar-refractivity contribution < 1.29 is 35.3 Å². The molecule has 0 saturated carbocycles. The third kappa shape index (κ3) is 3.64. The molecule has 2 aliphatic rings. The predicted molar refractivity (Wildman–Crippen MR) is 119 cm³/mol. The molecule has 3 heterocycles. The van der Waals surface area contributed by atoms with Crippen LogP contribution in [0.15, 0.2) is 34.9 Å². The number of carbonyl (C=O) groups is 1. The zero-order valence-corrected chi connectivity index (χ0v) is 19.4. The van der Waals surface area contributed by atoms with Gasteiger partial charge in [-0.05, 0) is 37.6 Å². The Labute approximate surface area is 197 Å². The lowest BCUT2D eigenvalue weighted by atomic mass is 9.98. The Morgan fingerprint density at radius 1 is 1.20 bits per heavy atom. The van der Waals surface area contributed by atoms with Crippen molar-refractivity contribution in [1.29, 1.82) is 0 Å². The highest BCUT2D eigenvalue weighted by Crippen LogP contribution is 2.44. The molecule has 0 bridgehead atoms. The average Bonchev–Trinajstić information content (AvgIpc) is 3.40. The summed E-state index contributed by atoms with van der Waals surface area (Å²) in [7, 11) is -3.94. The molecule has 2 saturated heterocycles. The van der Waals surface area contributed by atoms with Gasteiger partial charge in [0.25, 0.3) is 5.92 Å². The van der Waals surface area contributed by atoms with Gasteiger partial charge in [-0.3, -0.25) is 4.90 Å². The summed E-state index contributed by atoms with van der Waals surface area (Å²) < 4.78 is 90.6. The van der Waals surface area contributed by atoms with E-state index in [0.717, 1.165) is 21.9 Å². The predicted octanol–water partition coefficient (Wildman–Crippen LogP) is 3.65. The molecule has 0 unspecified atom stereocenters. The van der Waals surface area contributed by atoms with Crippen LogP contribution in [0.2, 0.25) is 0 Å². The highest BCUT2D eigenvalue weighted by Gasteiger charge is 2.63. The highest BCUT2D eigenvalue weighted by molar-refractivity contribution is 7.89. The van der Waals surface area contributed by atoms with Crippen LogP contribution in [0.25, 0.3) is 22.1 Å². The minimum Gasteiger partial charge on any atom is -0.354 e. The number of halogens is 4. The van der Waals surface area contributed by atoms with E-state index in [0.29, 0.717) is 5.56 Å². The quantitative estimate of drug-likeness (QED) is 0.527. The molecule has 2 amide bonds. The van der Waals surface area contributed by atoms with Crippen LogP contribution in [0.4, 0.5) is 28.2 Å². The van der Waals surface area contributed by atoms with Crippen molar-refractivity contribution >= 4 is 32.8 Å². The first-order valence-corrected chi connectivity index (χ1v) is 12.4. The third-order valence-corrected chi connectivity index (χ3v) is 7.79. The molecule has 1 N–H and O–H groups in total. The van der Waals surface area contributed by atoms with E-state index in [4.69, 9.17) is 4.52 Å². The van der Waals surface area contributed by atoms with Crippen LogP contribution in [0.5, 0.6) is 0 Å². The topological polar surface area (TPSA) is 95.8 Å². The summed E-state index contributed by atoms with van der Waals surface area (Å²) in [5.74, 6) is -5.81. The lowest BCUT2D eigenvalue weighted by molar-refractivity contribution is -0.0324. The van der Waals surface area contributed by atoms with Crippen LogP contribution in [0.3, 0.4) is 0 Å². The molecule has 2 aromatic carbocycles. The van der Waals surface area contributed by atoms with E-state index in [-0.39, 0.29) is 33.7 Å². The summed E-state index contributed by atoms with van der Waals surface area (Å²) in [6, 6.07) is 2.16. The van der Waals surface area contributed by atoms with Gasteiger partial charge in [0.2, 0.25) is 10.0 Å². The number of hydrogen-bond acceptors (Lipinski definition) is 5. The molecule has 35 heavy (non-hydrogen) atoms. The lowest BCUT2D eigenvalue weighted by Crippen LogP contribution is -2.51. The van der Waals surface area contributed by atoms with Crippen molar-refractivity contribution in [2.75, 3.05) is 23.7 Å². The largest absolute Gasteiger partial charge is 0.354 e. The normalized spacial score (nSPS) is 21.8. The number of alkyl halides is 2. The fourth-order valence-electron chi connectivity index (χ4n) is 4.65. The smallest absolute Gasteiger partial charge is 0.326 e. The number of anilines is 1. The number of aromatic nitrogens is 1. The summed E-state index contributed by atoms with van der Waals surface area (Å²) in [6.45, 7) is 1.93. The number of nitrogens with zero attached hydrogens (tertiary/aromatic N) is 3. The van der Waals surface area contributed by atoms with E-state index in [1.165, 1.54) is 19.1 Å². The van der Waals surface area contributed by atoms with E-state index >= 15 is 8.78 Å². The first kappa shape index (κ1) is 23.5. The fraction of sp³-hybridized carbons (Fsp3) is 0.364. The number of rotatable bonds is 5. The van der Waals surface area contributed by atoms with Gasteiger partial charge in [0, 0.05) is 12.1 Å². The Balaban J connectivity index is 1.57. The molecule has 5 rings (SSSR count). The molecular formula is C22H20F4N4O4S. The summed E-state index contributed by atoms with van der Waals surface area (Å²) in [6.07, 6.45) is 0. The van der Waals surface area contributed by atoms with E-state index < -0.39 is 58.8 Å². The first-order valence-electron chi connectivity index (χ1n) is 10.7. The second-order valence-electron chi connectivity index (χ2n) is 8.60. The average molecular weight is 512 g/mol. The van der Waals surface area contributed by atoms with Crippen LogP contribution in [-0.2, 0) is 10.0 Å². The molecule has 3 aromatic rings. The summed E-state index contributed by atoms with van der Waals surface area (Å²) >= 11 is 0. The van der Waals surface area contributed by atoms with E-state index in [1.807, 2.05) is 4.72 Å². The van der Waals surface area contributed by atoms with Crippen LogP contribution in [-0.4, -0.2) is 61.4 Å². The van der Waals surface area contributed by atoms with Crippen LogP contribution < -0.4 is 9.62 Å². The fourth-order valence-corrected chi connectivity index (χ4v) is 5.48. The maximum atomic E-state index is 15.1. The number of nitrogens with one attached hydrogen (secondary N) is 1. The first-order chi connectivity index (χ1) is 16.4.